The molecule has 0 atom stereocenters. The number of benzene rings is 1. The Bertz CT molecular complexity index is 807. The van der Waals surface area contributed by atoms with E-state index in [2.05, 4.69) is 21.2 Å². The van der Waals surface area contributed by atoms with E-state index in [1.807, 2.05) is 19.6 Å². The highest BCUT2D eigenvalue weighted by Gasteiger charge is 2.29. The zero-order valence-corrected chi connectivity index (χ0v) is 18.0. The minimum Gasteiger partial charge on any atom is -0.538 e. The van der Waals surface area contributed by atoms with Crippen LogP contribution in [-0.4, -0.2) is 24.7 Å². The molecule has 0 aliphatic heterocycles. The number of hydrogen-bond donors (Lipinski definition) is 2. The zero-order valence-electron chi connectivity index (χ0n) is 14.7. The second kappa shape index (κ2) is 8.45. The Labute approximate surface area is 165 Å². The Hall–Kier alpha value is -1.51. The van der Waals surface area contributed by atoms with E-state index in [-0.39, 0.29) is 46.1 Å². The summed E-state index contributed by atoms with van der Waals surface area (Å²) in [4.78, 5) is 12.1. The number of amides is 1. The van der Waals surface area contributed by atoms with Crippen LogP contribution < -0.4 is 9.74 Å². The standard InChI is InChI=1S/C17H20BrClFNO4Si/c1-26(2,3)25-16-14(23)15(11-9-10(19)6-7-12(11)20)24-17(16)21-13(22)5-4-8-18/h6-7,9,23H,4-5,8H2,1-3H3,(H,21,22). The van der Waals surface area contributed by atoms with Crippen molar-refractivity contribution in [3.8, 4) is 22.8 Å². The molecular formula is C17H20BrClFNO4Si. The molecule has 5 nitrogen and oxygen atoms in total. The average Bonchev–Trinajstić information content (AvgIpc) is 2.83. The second-order valence-electron chi connectivity index (χ2n) is 6.62. The molecule has 0 radical (unpaired) electrons. The predicted octanol–water partition coefficient (Wildman–Crippen LogP) is 5.77. The van der Waals surface area contributed by atoms with Gasteiger partial charge in [-0.1, -0.05) is 27.5 Å². The maximum Gasteiger partial charge on any atom is 0.245 e. The van der Waals surface area contributed by atoms with Gasteiger partial charge in [0.25, 0.3) is 0 Å². The van der Waals surface area contributed by atoms with Gasteiger partial charge in [0.15, 0.2) is 5.76 Å². The molecule has 0 saturated heterocycles. The van der Waals surface area contributed by atoms with Gasteiger partial charge in [0.1, 0.15) is 5.82 Å². The first-order valence-electron chi connectivity index (χ1n) is 7.98. The van der Waals surface area contributed by atoms with Crippen molar-refractivity contribution < 1.29 is 23.1 Å². The number of alkyl halides is 1. The van der Waals surface area contributed by atoms with Crippen molar-refractivity contribution in [1.29, 1.82) is 0 Å². The molecule has 0 aliphatic carbocycles. The summed E-state index contributed by atoms with van der Waals surface area (Å²) >= 11 is 9.19. The number of hydrogen-bond acceptors (Lipinski definition) is 4. The van der Waals surface area contributed by atoms with Gasteiger partial charge in [-0.2, -0.15) is 0 Å². The minimum atomic E-state index is -2.15. The fourth-order valence-corrected chi connectivity index (χ4v) is 3.42. The van der Waals surface area contributed by atoms with Crippen LogP contribution in [0.1, 0.15) is 12.8 Å². The summed E-state index contributed by atoms with van der Waals surface area (Å²) in [6, 6.07) is 3.90. The minimum absolute atomic E-state index is 0.00531. The van der Waals surface area contributed by atoms with E-state index in [1.54, 1.807) is 0 Å². The molecule has 2 rings (SSSR count). The number of rotatable bonds is 7. The number of carbonyl (C=O) groups is 1. The van der Waals surface area contributed by atoms with Gasteiger partial charge in [-0.3, -0.25) is 10.1 Å². The lowest BCUT2D eigenvalue weighted by Crippen LogP contribution is -2.29. The highest BCUT2D eigenvalue weighted by atomic mass is 79.9. The Kier molecular flexibility index (Phi) is 6.76. The van der Waals surface area contributed by atoms with Gasteiger partial charge < -0.3 is 13.9 Å². The van der Waals surface area contributed by atoms with E-state index < -0.39 is 14.1 Å². The number of furan rings is 1. The van der Waals surface area contributed by atoms with Gasteiger partial charge in [-0.25, -0.2) is 4.39 Å². The summed E-state index contributed by atoms with van der Waals surface area (Å²) in [5.74, 6) is -1.46. The van der Waals surface area contributed by atoms with Gasteiger partial charge in [0, 0.05) is 16.8 Å². The van der Waals surface area contributed by atoms with E-state index in [1.165, 1.54) is 18.2 Å². The van der Waals surface area contributed by atoms with Gasteiger partial charge in [-0.15, -0.1) is 0 Å². The molecule has 2 N–H and O–H groups in total. The van der Waals surface area contributed by atoms with E-state index in [0.717, 1.165) is 0 Å². The molecule has 0 fully saturated rings. The lowest BCUT2D eigenvalue weighted by molar-refractivity contribution is -0.116. The van der Waals surface area contributed by atoms with E-state index in [0.29, 0.717) is 11.8 Å². The Morgan fingerprint density at radius 3 is 2.73 bits per heavy atom. The Balaban J connectivity index is 2.49. The first-order chi connectivity index (χ1) is 12.1. The summed E-state index contributed by atoms with van der Waals surface area (Å²) < 4.78 is 25.6. The molecule has 1 aromatic carbocycles. The fourth-order valence-electron chi connectivity index (χ4n) is 2.16. The molecule has 0 unspecified atom stereocenters. The number of anilines is 1. The Morgan fingerprint density at radius 1 is 1.42 bits per heavy atom. The normalized spacial score (nSPS) is 11.5. The monoisotopic (exact) mass is 463 g/mol. The van der Waals surface area contributed by atoms with Crippen LogP contribution in [0.15, 0.2) is 22.6 Å². The highest BCUT2D eigenvalue weighted by molar-refractivity contribution is 9.09. The zero-order chi connectivity index (χ0) is 19.5. The van der Waals surface area contributed by atoms with Crippen LogP contribution in [0.3, 0.4) is 0 Å². The van der Waals surface area contributed by atoms with Crippen molar-refractivity contribution in [2.75, 3.05) is 10.6 Å². The van der Waals surface area contributed by atoms with Gasteiger partial charge in [-0.05, 0) is 44.3 Å². The largest absolute Gasteiger partial charge is 0.538 e. The van der Waals surface area contributed by atoms with Crippen molar-refractivity contribution in [1.82, 2.24) is 0 Å². The highest BCUT2D eigenvalue weighted by Crippen LogP contribution is 2.48. The lowest BCUT2D eigenvalue weighted by Gasteiger charge is -2.18. The number of nitrogens with one attached hydrogen (secondary N) is 1. The van der Waals surface area contributed by atoms with Crippen LogP contribution >= 0.6 is 27.5 Å². The maximum atomic E-state index is 14.2. The second-order valence-corrected chi connectivity index (χ2v) is 12.3. The maximum absolute atomic E-state index is 14.2. The SMILES string of the molecule is C[Si](C)(C)Oc1c(NC(=O)CCCBr)oc(-c2cc(Cl)ccc2F)c1O. The quantitative estimate of drug-likeness (QED) is 0.403. The van der Waals surface area contributed by atoms with Crippen LogP contribution in [0.4, 0.5) is 10.3 Å². The smallest absolute Gasteiger partial charge is 0.245 e. The van der Waals surface area contributed by atoms with Crippen molar-refractivity contribution in [3.63, 3.8) is 0 Å². The first-order valence-corrected chi connectivity index (χ1v) is 12.9. The molecule has 1 amide bonds. The van der Waals surface area contributed by atoms with Crippen molar-refractivity contribution in [2.45, 2.75) is 32.5 Å². The molecule has 0 aliphatic rings. The third-order valence-corrected chi connectivity index (χ3v) is 4.82. The summed E-state index contributed by atoms with van der Waals surface area (Å²) in [5.41, 5.74) is -0.0172. The van der Waals surface area contributed by atoms with E-state index >= 15 is 0 Å². The first kappa shape index (κ1) is 20.8. The lowest BCUT2D eigenvalue weighted by atomic mass is 10.1. The van der Waals surface area contributed by atoms with Gasteiger partial charge >= 0.3 is 0 Å². The molecule has 2 aromatic rings. The summed E-state index contributed by atoms with van der Waals surface area (Å²) in [7, 11) is -2.15. The summed E-state index contributed by atoms with van der Waals surface area (Å²) in [6.07, 6.45) is 0.901. The molecule has 142 valence electrons. The number of carbonyl (C=O) groups excluding carboxylic acids is 1. The molecule has 1 heterocycles. The van der Waals surface area contributed by atoms with Crippen LogP contribution in [0, 0.1) is 5.82 Å². The van der Waals surface area contributed by atoms with E-state index in [9.17, 15) is 14.3 Å². The van der Waals surface area contributed by atoms with Crippen LogP contribution in [-0.2, 0) is 4.79 Å². The summed E-state index contributed by atoms with van der Waals surface area (Å²) in [5, 5.41) is 14.1. The number of halogens is 3. The summed E-state index contributed by atoms with van der Waals surface area (Å²) in [6.45, 7) is 5.74. The van der Waals surface area contributed by atoms with Crippen LogP contribution in [0.5, 0.6) is 11.5 Å². The molecule has 0 saturated carbocycles. The molecule has 1 aromatic heterocycles. The molecule has 0 spiro atoms. The third kappa shape index (κ3) is 5.25. The average molecular weight is 465 g/mol. The topological polar surface area (TPSA) is 71.7 Å². The van der Waals surface area contributed by atoms with Crippen molar-refractivity contribution >= 4 is 47.6 Å². The fraction of sp³-hybridized carbons (Fsp3) is 0.353. The van der Waals surface area contributed by atoms with Crippen molar-refractivity contribution in [3.05, 3.63) is 29.0 Å². The predicted molar refractivity (Wildman–Crippen MR) is 106 cm³/mol. The molecule has 26 heavy (non-hydrogen) atoms. The third-order valence-electron chi connectivity index (χ3n) is 3.21. The van der Waals surface area contributed by atoms with Crippen LogP contribution in [0.2, 0.25) is 24.7 Å². The van der Waals surface area contributed by atoms with E-state index in [4.69, 9.17) is 20.4 Å². The van der Waals surface area contributed by atoms with Gasteiger partial charge in [0.2, 0.25) is 31.6 Å². The molecule has 9 heteroatoms. The number of aromatic hydroxyl groups is 1. The molecular weight excluding hydrogens is 445 g/mol. The van der Waals surface area contributed by atoms with Gasteiger partial charge in [0.05, 0.1) is 5.56 Å². The molecule has 0 bridgehead atoms. The Morgan fingerprint density at radius 2 is 2.12 bits per heavy atom. The van der Waals surface area contributed by atoms with Crippen molar-refractivity contribution in [2.24, 2.45) is 0 Å². The van der Waals surface area contributed by atoms with Crippen LogP contribution in [0.25, 0.3) is 11.3 Å².